The van der Waals surface area contributed by atoms with Gasteiger partial charge in [0.1, 0.15) is 25.0 Å². The molecule has 1 unspecified atom stereocenters. The molecule has 9 nitrogen and oxygen atoms in total. The lowest BCUT2D eigenvalue weighted by molar-refractivity contribution is -0.144. The third-order valence-corrected chi connectivity index (χ3v) is 8.57. The Bertz CT molecular complexity index is 1580. The second kappa shape index (κ2) is 12.7. The number of benzene rings is 3. The van der Waals surface area contributed by atoms with Crippen molar-refractivity contribution < 1.29 is 32.6 Å². The number of rotatable bonds is 6. The van der Waals surface area contributed by atoms with Gasteiger partial charge in [-0.15, -0.1) is 0 Å². The number of hydrogen-bond donors (Lipinski definition) is 1. The molecule has 3 aromatic carbocycles. The highest BCUT2D eigenvalue weighted by Gasteiger charge is 2.42. The highest BCUT2D eigenvalue weighted by molar-refractivity contribution is 7.89. The van der Waals surface area contributed by atoms with Crippen molar-refractivity contribution in [3.8, 4) is 17.6 Å². The first kappa shape index (κ1) is 29.4. The first-order valence-corrected chi connectivity index (χ1v) is 14.1. The van der Waals surface area contributed by atoms with E-state index in [4.69, 9.17) is 37.8 Å². The van der Waals surface area contributed by atoms with E-state index in [0.29, 0.717) is 17.0 Å². The van der Waals surface area contributed by atoms with Crippen LogP contribution in [0.2, 0.25) is 10.0 Å². The summed E-state index contributed by atoms with van der Waals surface area (Å²) in [6.07, 6.45) is 0. The molecule has 1 heterocycles. The lowest BCUT2D eigenvalue weighted by atomic mass is 10.1. The summed E-state index contributed by atoms with van der Waals surface area (Å²) < 4.78 is 39.3. The van der Waals surface area contributed by atoms with Crippen LogP contribution in [-0.2, 0) is 26.1 Å². The number of sulfonamides is 1. The van der Waals surface area contributed by atoms with Crippen molar-refractivity contribution in [1.82, 2.24) is 4.31 Å². The van der Waals surface area contributed by atoms with Crippen LogP contribution < -0.4 is 9.64 Å². The van der Waals surface area contributed by atoms with E-state index in [9.17, 15) is 18.0 Å². The predicted molar refractivity (Wildman–Crippen MR) is 150 cm³/mol. The van der Waals surface area contributed by atoms with Crippen molar-refractivity contribution in [2.75, 3.05) is 31.8 Å². The number of halogens is 2. The van der Waals surface area contributed by atoms with Gasteiger partial charge >= 0.3 is 5.97 Å². The van der Waals surface area contributed by atoms with Crippen LogP contribution in [0.4, 0.5) is 5.69 Å². The Labute approximate surface area is 241 Å². The van der Waals surface area contributed by atoms with Crippen molar-refractivity contribution in [1.29, 1.82) is 0 Å². The molecule has 0 radical (unpaired) electrons. The zero-order chi connectivity index (χ0) is 28.9. The number of amides is 1. The second-order valence-corrected chi connectivity index (χ2v) is 11.3. The highest BCUT2D eigenvalue weighted by atomic mass is 35.5. The van der Waals surface area contributed by atoms with Crippen LogP contribution in [0.15, 0.2) is 71.6 Å². The van der Waals surface area contributed by atoms with Crippen molar-refractivity contribution >= 4 is 50.8 Å². The van der Waals surface area contributed by atoms with Crippen LogP contribution >= 0.6 is 23.2 Å². The maximum atomic E-state index is 13.9. The van der Waals surface area contributed by atoms with Gasteiger partial charge in [0.15, 0.2) is 0 Å². The summed E-state index contributed by atoms with van der Waals surface area (Å²) in [4.78, 5) is 28.0. The number of esters is 1. The molecule has 3 aromatic rings. The molecule has 208 valence electrons. The van der Waals surface area contributed by atoms with E-state index in [1.54, 1.807) is 30.3 Å². The predicted octanol–water partition coefficient (Wildman–Crippen LogP) is 3.76. The van der Waals surface area contributed by atoms with E-state index >= 15 is 0 Å². The Balaban J connectivity index is 1.74. The highest BCUT2D eigenvalue weighted by Crippen LogP contribution is 2.34. The Morgan fingerprint density at radius 1 is 1.05 bits per heavy atom. The number of carbonyl (C=O) groups is 2. The fourth-order valence-electron chi connectivity index (χ4n) is 4.20. The normalized spacial score (nSPS) is 15.3. The molecule has 0 aromatic heterocycles. The van der Waals surface area contributed by atoms with Gasteiger partial charge in [-0.25, -0.2) is 8.42 Å². The topological polar surface area (TPSA) is 113 Å². The molecule has 1 N–H and O–H groups in total. The molecule has 1 aliphatic heterocycles. The van der Waals surface area contributed by atoms with Gasteiger partial charge in [0.25, 0.3) is 5.91 Å². The molecule has 0 fully saturated rings. The molecule has 1 amide bonds. The van der Waals surface area contributed by atoms with Gasteiger partial charge in [-0.3, -0.25) is 9.59 Å². The molecular weight excluding hydrogens is 579 g/mol. The maximum absolute atomic E-state index is 13.9. The van der Waals surface area contributed by atoms with Gasteiger partial charge in [0.05, 0.1) is 29.1 Å². The van der Waals surface area contributed by atoms with Gasteiger partial charge in [-0.1, -0.05) is 53.2 Å². The average Bonchev–Trinajstić information content (AvgIpc) is 3.14. The molecule has 0 saturated heterocycles. The Morgan fingerprint density at radius 3 is 2.48 bits per heavy atom. The van der Waals surface area contributed by atoms with E-state index in [1.165, 1.54) is 41.3 Å². The average molecular weight is 603 g/mol. The van der Waals surface area contributed by atoms with Gasteiger partial charge in [0.2, 0.25) is 10.0 Å². The van der Waals surface area contributed by atoms with Crippen molar-refractivity contribution in [3.05, 3.63) is 87.9 Å². The number of para-hydroxylation sites is 1. The lowest BCUT2D eigenvalue weighted by Crippen LogP contribution is -2.50. The van der Waals surface area contributed by atoms with E-state index < -0.39 is 27.9 Å². The smallest absolute Gasteiger partial charge is 0.326 e. The van der Waals surface area contributed by atoms with Crippen LogP contribution in [0.5, 0.6) is 5.75 Å². The summed E-state index contributed by atoms with van der Waals surface area (Å²) in [5.74, 6) is 4.03. The van der Waals surface area contributed by atoms with Gasteiger partial charge < -0.3 is 19.5 Å². The molecule has 0 saturated carbocycles. The molecular formula is C28H24Cl2N2O7S. The molecule has 40 heavy (non-hydrogen) atoms. The first-order chi connectivity index (χ1) is 19.2. The third-order valence-electron chi connectivity index (χ3n) is 6.13. The van der Waals surface area contributed by atoms with Crippen molar-refractivity contribution in [2.45, 2.75) is 17.5 Å². The van der Waals surface area contributed by atoms with Gasteiger partial charge in [-0.05, 0) is 54.1 Å². The number of methoxy groups -OCH3 is 1. The minimum atomic E-state index is -4.28. The lowest BCUT2D eigenvalue weighted by Gasteiger charge is -2.29. The number of aliphatic hydroxyl groups excluding tert-OH is 1. The minimum Gasteiger partial charge on any atom is -0.481 e. The molecule has 1 atom stereocenters. The third kappa shape index (κ3) is 6.25. The number of nitrogens with zero attached hydrogens (tertiary/aromatic N) is 2. The Morgan fingerprint density at radius 2 is 1.77 bits per heavy atom. The van der Waals surface area contributed by atoms with Crippen molar-refractivity contribution in [2.24, 2.45) is 0 Å². The molecule has 0 aliphatic carbocycles. The zero-order valence-electron chi connectivity index (χ0n) is 21.2. The Kier molecular flexibility index (Phi) is 9.35. The van der Waals surface area contributed by atoms with Crippen LogP contribution in [0.3, 0.4) is 0 Å². The maximum Gasteiger partial charge on any atom is 0.326 e. The van der Waals surface area contributed by atoms with E-state index in [0.717, 1.165) is 11.4 Å². The SMILES string of the molecule is COC(=O)C1CN(C(=O)c2cc(Cl)ccc2Cl)c2ccccc2CN1S(=O)(=O)c1ccc(OCC#CCO)cc1. The van der Waals surface area contributed by atoms with Crippen LogP contribution in [0.25, 0.3) is 0 Å². The van der Waals surface area contributed by atoms with E-state index in [-0.39, 0.29) is 46.8 Å². The number of aliphatic hydroxyl groups is 1. The Hall–Kier alpha value is -3.59. The molecule has 4 rings (SSSR count). The van der Waals surface area contributed by atoms with Gasteiger partial charge in [0, 0.05) is 17.3 Å². The second-order valence-electron chi connectivity index (χ2n) is 8.53. The summed E-state index contributed by atoms with van der Waals surface area (Å²) >= 11 is 12.4. The van der Waals surface area contributed by atoms with Gasteiger partial charge in [-0.2, -0.15) is 4.31 Å². The van der Waals surface area contributed by atoms with Crippen LogP contribution in [-0.4, -0.2) is 62.6 Å². The number of hydrogen-bond acceptors (Lipinski definition) is 7. The number of ether oxygens (including phenoxy) is 2. The summed E-state index contributed by atoms with van der Waals surface area (Å²) in [5, 5.41) is 9.18. The largest absolute Gasteiger partial charge is 0.481 e. The minimum absolute atomic E-state index is 0.0144. The first-order valence-electron chi connectivity index (χ1n) is 11.9. The fourth-order valence-corrected chi connectivity index (χ4v) is 6.12. The van der Waals surface area contributed by atoms with E-state index in [1.807, 2.05) is 0 Å². The molecule has 12 heteroatoms. The summed E-state index contributed by atoms with van der Waals surface area (Å²) in [7, 11) is -3.13. The monoisotopic (exact) mass is 602 g/mol. The number of carbonyl (C=O) groups excluding carboxylic acids is 2. The zero-order valence-corrected chi connectivity index (χ0v) is 23.5. The number of anilines is 1. The summed E-state index contributed by atoms with van der Waals surface area (Å²) in [5.41, 5.74) is 1.01. The molecule has 1 aliphatic rings. The van der Waals surface area contributed by atoms with Crippen LogP contribution in [0.1, 0.15) is 15.9 Å². The van der Waals surface area contributed by atoms with Crippen molar-refractivity contribution in [3.63, 3.8) is 0 Å². The fraction of sp³-hybridized carbons (Fsp3) is 0.214. The summed E-state index contributed by atoms with van der Waals surface area (Å²) in [6, 6.07) is 15.5. The summed E-state index contributed by atoms with van der Waals surface area (Å²) in [6.45, 7) is -0.827. The van der Waals surface area contributed by atoms with Crippen LogP contribution in [0, 0.1) is 11.8 Å². The molecule has 0 bridgehead atoms. The number of fused-ring (bicyclic) bond motifs is 1. The standard InChI is InChI=1S/C28H24Cl2N2O7S/c1-38-28(35)26-18-31(27(34)23-16-20(29)8-13-24(23)30)25-7-3-2-6-19(25)17-32(26)40(36,37)22-11-9-21(10-12-22)39-15-5-4-14-33/h2-3,6-13,16,26,33H,14-15,17-18H2,1H3. The quantitative estimate of drug-likeness (QED) is 0.337. The van der Waals surface area contributed by atoms with E-state index in [2.05, 4.69) is 11.8 Å². The molecule has 0 spiro atoms.